The number of hydrogen-bond acceptors (Lipinski definition) is 11. The Labute approximate surface area is 330 Å². The van der Waals surface area contributed by atoms with Gasteiger partial charge in [-0.1, -0.05) is 46.2 Å². The number of likely N-dealkylation sites (tertiary alicyclic amines) is 1. The number of benzene rings is 4. The molecule has 2 fully saturated rings. The number of phenolic OH excluding ortho intramolecular Hbond substituents is 6. The molecule has 0 atom stereocenters. The Bertz CT molecular complexity index is 1980. The zero-order valence-electron chi connectivity index (χ0n) is 34.0. The van der Waals surface area contributed by atoms with Crippen molar-refractivity contribution >= 4 is 34.0 Å². The number of rotatable bonds is 13. The number of morpholine rings is 1. The summed E-state index contributed by atoms with van der Waals surface area (Å²) in [5.74, 6) is -1.97. The van der Waals surface area contributed by atoms with Crippen LogP contribution in [-0.2, 0) is 4.74 Å². The standard InChI is InChI=1S/C45H60N4O7/c1-26(2)34-30-22-28(5)36(42(52)38(30)32(40(50)44(34)54)24-46-12-10-16-48-14-8-7-9-15-48)37-29(6)23-31-35(27(3)4)45(55)41(51)33(39(31)43(37)53)25-47-13-11-17-49-18-20-56-21-19-49/h22-27,50-55H,7-21H2,1-6H3/b46-24+,47-25+. The van der Waals surface area contributed by atoms with E-state index in [0.29, 0.717) is 81.2 Å². The minimum atomic E-state index is -0.372. The lowest BCUT2D eigenvalue weighted by Gasteiger charge is -2.26. The van der Waals surface area contributed by atoms with E-state index in [1.807, 2.05) is 53.7 Å². The van der Waals surface area contributed by atoms with Crippen LogP contribution in [0.1, 0.15) is 105 Å². The van der Waals surface area contributed by atoms with Gasteiger partial charge < -0.3 is 40.3 Å². The number of nitrogens with zero attached hydrogens (tertiary/aromatic N) is 4. The van der Waals surface area contributed by atoms with Crippen LogP contribution >= 0.6 is 0 Å². The molecule has 0 saturated carbocycles. The van der Waals surface area contributed by atoms with Gasteiger partial charge in [-0.3, -0.25) is 14.9 Å². The van der Waals surface area contributed by atoms with E-state index in [1.54, 1.807) is 0 Å². The quantitative estimate of drug-likeness (QED) is 0.0448. The Kier molecular flexibility index (Phi) is 13.0. The van der Waals surface area contributed by atoms with Crippen LogP contribution in [0.2, 0.25) is 0 Å². The zero-order chi connectivity index (χ0) is 40.3. The molecule has 6 N–H and O–H groups in total. The lowest BCUT2D eigenvalue weighted by atomic mass is 9.83. The molecule has 4 aromatic rings. The molecule has 0 amide bonds. The summed E-state index contributed by atoms with van der Waals surface area (Å²) < 4.78 is 5.45. The maximum Gasteiger partial charge on any atom is 0.167 e. The molecular weight excluding hydrogens is 709 g/mol. The zero-order valence-corrected chi connectivity index (χ0v) is 34.0. The van der Waals surface area contributed by atoms with E-state index in [-0.39, 0.29) is 57.5 Å². The monoisotopic (exact) mass is 768 g/mol. The summed E-state index contributed by atoms with van der Waals surface area (Å²) in [6, 6.07) is 3.75. The Balaban J connectivity index is 1.49. The van der Waals surface area contributed by atoms with E-state index < -0.39 is 0 Å². The summed E-state index contributed by atoms with van der Waals surface area (Å²) in [6.07, 6.45) is 8.38. The molecule has 56 heavy (non-hydrogen) atoms. The number of aryl methyl sites for hydroxylation is 2. The summed E-state index contributed by atoms with van der Waals surface area (Å²) >= 11 is 0. The minimum absolute atomic E-state index is 0.171. The smallest absolute Gasteiger partial charge is 0.167 e. The fourth-order valence-corrected chi connectivity index (χ4v) is 8.71. The third kappa shape index (κ3) is 8.12. The fraction of sp³-hybridized carbons (Fsp3) is 0.511. The number of ether oxygens (including phenoxy) is 1. The van der Waals surface area contributed by atoms with Gasteiger partial charge in [-0.05, 0) is 92.9 Å². The van der Waals surface area contributed by atoms with Gasteiger partial charge in [0, 0.05) is 89.3 Å². The van der Waals surface area contributed by atoms with Gasteiger partial charge in [0.25, 0.3) is 0 Å². The second-order valence-electron chi connectivity index (χ2n) is 16.2. The van der Waals surface area contributed by atoms with Crippen LogP contribution in [-0.4, -0.2) is 118 Å². The van der Waals surface area contributed by atoms with Crippen LogP contribution in [0.3, 0.4) is 0 Å². The van der Waals surface area contributed by atoms with Crippen molar-refractivity contribution in [2.24, 2.45) is 9.98 Å². The summed E-state index contributed by atoms with van der Waals surface area (Å²) in [4.78, 5) is 14.1. The lowest BCUT2D eigenvalue weighted by Crippen LogP contribution is -2.37. The largest absolute Gasteiger partial charge is 0.507 e. The highest BCUT2D eigenvalue weighted by Gasteiger charge is 2.29. The molecule has 11 nitrogen and oxygen atoms in total. The first kappa shape index (κ1) is 41.1. The summed E-state index contributed by atoms with van der Waals surface area (Å²) in [5, 5.41) is 72.1. The third-order valence-electron chi connectivity index (χ3n) is 11.5. The third-order valence-corrected chi connectivity index (χ3v) is 11.5. The van der Waals surface area contributed by atoms with Crippen molar-refractivity contribution < 1.29 is 35.4 Å². The summed E-state index contributed by atoms with van der Waals surface area (Å²) in [5.41, 5.74) is 3.34. The fourth-order valence-electron chi connectivity index (χ4n) is 8.71. The van der Waals surface area contributed by atoms with Crippen LogP contribution in [0.25, 0.3) is 32.7 Å². The molecule has 2 heterocycles. The van der Waals surface area contributed by atoms with Gasteiger partial charge in [0.05, 0.1) is 13.2 Å². The van der Waals surface area contributed by atoms with Crippen molar-refractivity contribution in [2.45, 2.75) is 85.5 Å². The highest BCUT2D eigenvalue weighted by Crippen LogP contribution is 2.54. The molecule has 2 saturated heterocycles. The Morgan fingerprint density at radius 2 is 1.00 bits per heavy atom. The van der Waals surface area contributed by atoms with Crippen LogP contribution in [0, 0.1) is 13.8 Å². The predicted molar refractivity (Wildman–Crippen MR) is 226 cm³/mol. The molecule has 6 rings (SSSR count). The number of piperidine rings is 1. The van der Waals surface area contributed by atoms with Crippen molar-refractivity contribution in [1.29, 1.82) is 0 Å². The number of phenols is 6. The number of aromatic hydroxyl groups is 6. The number of fused-ring (bicyclic) bond motifs is 2. The van der Waals surface area contributed by atoms with E-state index >= 15 is 0 Å². The van der Waals surface area contributed by atoms with Gasteiger partial charge in [-0.2, -0.15) is 0 Å². The first-order chi connectivity index (χ1) is 26.8. The molecule has 0 spiro atoms. The Morgan fingerprint density at radius 3 is 1.41 bits per heavy atom. The molecule has 11 heteroatoms. The summed E-state index contributed by atoms with van der Waals surface area (Å²) in [6.45, 7) is 19.5. The Hall–Kier alpha value is -4.58. The SMILES string of the molecule is Cc1cc2c(C(C)C)c(O)c(O)c(/C=N/CCCN3CCCCC3)c2c(O)c1-c1c(C)cc2c(C(C)C)c(O)c(O)c(/C=N/CCCN3CCOCC3)c2c1O. The van der Waals surface area contributed by atoms with Gasteiger partial charge in [0.15, 0.2) is 23.0 Å². The van der Waals surface area contributed by atoms with Gasteiger partial charge in [0.1, 0.15) is 11.5 Å². The van der Waals surface area contributed by atoms with Gasteiger partial charge in [-0.15, -0.1) is 0 Å². The molecule has 0 radical (unpaired) electrons. The van der Waals surface area contributed by atoms with Crippen LogP contribution in [0.15, 0.2) is 22.1 Å². The predicted octanol–water partition coefficient (Wildman–Crippen LogP) is 8.19. The van der Waals surface area contributed by atoms with E-state index in [9.17, 15) is 30.6 Å². The van der Waals surface area contributed by atoms with Gasteiger partial charge >= 0.3 is 0 Å². The average Bonchev–Trinajstić information content (AvgIpc) is 3.16. The highest BCUT2D eigenvalue weighted by atomic mass is 16.5. The first-order valence-electron chi connectivity index (χ1n) is 20.3. The van der Waals surface area contributed by atoms with Crippen LogP contribution < -0.4 is 0 Å². The highest BCUT2D eigenvalue weighted by molar-refractivity contribution is 6.15. The lowest BCUT2D eigenvalue weighted by molar-refractivity contribution is 0.0377. The van der Waals surface area contributed by atoms with E-state index in [0.717, 1.165) is 52.1 Å². The second kappa shape index (κ2) is 17.7. The summed E-state index contributed by atoms with van der Waals surface area (Å²) in [7, 11) is 0. The molecular formula is C45H60N4O7. The van der Waals surface area contributed by atoms with E-state index in [2.05, 4.69) is 19.8 Å². The van der Waals surface area contributed by atoms with Gasteiger partial charge in [0.2, 0.25) is 0 Å². The molecule has 0 aliphatic carbocycles. The number of hydrogen-bond donors (Lipinski definition) is 6. The molecule has 4 aromatic carbocycles. The van der Waals surface area contributed by atoms with Crippen molar-refractivity contribution in [3.05, 3.63) is 45.5 Å². The molecule has 302 valence electrons. The topological polar surface area (TPSA) is 162 Å². The van der Waals surface area contributed by atoms with Crippen LogP contribution in [0.5, 0.6) is 34.5 Å². The van der Waals surface area contributed by atoms with Crippen molar-refractivity contribution in [2.75, 3.05) is 65.6 Å². The molecule has 0 aromatic heterocycles. The van der Waals surface area contributed by atoms with E-state index in [1.165, 1.54) is 31.7 Å². The maximum atomic E-state index is 12.4. The Morgan fingerprint density at radius 1 is 0.589 bits per heavy atom. The van der Waals surface area contributed by atoms with Crippen molar-refractivity contribution in [3.8, 4) is 45.6 Å². The average molecular weight is 769 g/mol. The maximum absolute atomic E-state index is 12.4. The number of aliphatic imine (C=N–C) groups is 2. The van der Waals surface area contributed by atoms with Crippen LogP contribution in [0.4, 0.5) is 0 Å². The molecule has 2 aliphatic rings. The van der Waals surface area contributed by atoms with Crippen molar-refractivity contribution in [1.82, 2.24) is 9.80 Å². The first-order valence-corrected chi connectivity index (χ1v) is 20.3. The molecule has 0 unspecified atom stereocenters. The second-order valence-corrected chi connectivity index (χ2v) is 16.2. The van der Waals surface area contributed by atoms with Gasteiger partial charge in [-0.25, -0.2) is 0 Å². The minimum Gasteiger partial charge on any atom is -0.507 e. The molecule has 2 aliphatic heterocycles. The normalized spacial score (nSPS) is 16.2. The van der Waals surface area contributed by atoms with Crippen molar-refractivity contribution in [3.63, 3.8) is 0 Å². The molecule has 0 bridgehead atoms. The van der Waals surface area contributed by atoms with E-state index in [4.69, 9.17) is 4.74 Å².